The Balaban J connectivity index is 2.27. The van der Waals surface area contributed by atoms with Gasteiger partial charge in [0, 0.05) is 17.6 Å². The Morgan fingerprint density at radius 1 is 1.36 bits per heavy atom. The van der Waals surface area contributed by atoms with Crippen molar-refractivity contribution in [3.63, 3.8) is 0 Å². The maximum Gasteiger partial charge on any atom is 0.350 e. The number of anilines is 1. The Morgan fingerprint density at radius 2 is 1.95 bits per heavy atom. The van der Waals surface area contributed by atoms with E-state index in [1.807, 2.05) is 13.8 Å². The molecule has 0 radical (unpaired) electrons. The van der Waals surface area contributed by atoms with Gasteiger partial charge in [-0.3, -0.25) is 4.90 Å². The molecule has 0 aromatic heterocycles. The van der Waals surface area contributed by atoms with E-state index in [1.54, 1.807) is 31.4 Å². The van der Waals surface area contributed by atoms with Crippen LogP contribution in [-0.2, 0) is 0 Å². The smallest absolute Gasteiger partial charge is 0.350 e. The van der Waals surface area contributed by atoms with E-state index in [0.717, 1.165) is 4.41 Å². The number of ether oxygens (including phenoxy) is 1. The van der Waals surface area contributed by atoms with Gasteiger partial charge in [-0.25, -0.2) is 4.79 Å². The van der Waals surface area contributed by atoms with E-state index in [-0.39, 0.29) is 12.1 Å². The van der Waals surface area contributed by atoms with Crippen molar-refractivity contribution in [2.75, 3.05) is 12.0 Å². The average Bonchev–Trinajstić information content (AvgIpc) is 2.74. The first-order valence-corrected chi connectivity index (χ1v) is 8.05. The summed E-state index contributed by atoms with van der Waals surface area (Å²) in [5, 5.41) is 0. The first-order valence-electron chi connectivity index (χ1n) is 6.52. The monoisotopic (exact) mass is 367 g/mol. The molecule has 0 spiro atoms. The van der Waals surface area contributed by atoms with Crippen molar-refractivity contribution in [3.05, 3.63) is 24.3 Å². The van der Waals surface area contributed by atoms with Crippen LogP contribution in [0.3, 0.4) is 0 Å². The minimum Gasteiger partial charge on any atom is -0.497 e. The van der Waals surface area contributed by atoms with Gasteiger partial charge < -0.3 is 4.74 Å². The highest BCUT2D eigenvalue weighted by Crippen LogP contribution is 2.41. The fraction of sp³-hybridized carbons (Fsp3) is 0.462. The molecule has 2 amide bonds. The first-order chi connectivity index (χ1) is 10.2. The number of alkyl halides is 3. The average molecular weight is 368 g/mol. The number of hydrogen-bond acceptors (Lipinski definition) is 4. The maximum absolute atomic E-state index is 13.4. The summed E-state index contributed by atoms with van der Waals surface area (Å²) in [6.45, 7) is 3.89. The van der Waals surface area contributed by atoms with Gasteiger partial charge in [-0.15, -0.1) is 0 Å². The molecule has 1 heterocycles. The number of hydrazine groups is 1. The first kappa shape index (κ1) is 17.5. The van der Waals surface area contributed by atoms with Crippen LogP contribution in [0.15, 0.2) is 24.3 Å². The predicted molar refractivity (Wildman–Crippen MR) is 87.6 cm³/mol. The SMILES string of the molecule is COc1ccc(N2C(=O)N(SC(F)(Cl)Cl)NC2C(C)C)cc1. The molecular weight excluding hydrogens is 352 g/mol. The number of halogens is 3. The summed E-state index contributed by atoms with van der Waals surface area (Å²) >= 11 is 11.0. The molecule has 5 nitrogen and oxygen atoms in total. The summed E-state index contributed by atoms with van der Waals surface area (Å²) in [7, 11) is 1.56. The van der Waals surface area contributed by atoms with Crippen molar-refractivity contribution in [2.24, 2.45) is 5.92 Å². The van der Waals surface area contributed by atoms with E-state index >= 15 is 0 Å². The third kappa shape index (κ3) is 3.90. The second-order valence-corrected chi connectivity index (χ2v) is 7.79. The Hall–Kier alpha value is -0.890. The summed E-state index contributed by atoms with van der Waals surface area (Å²) in [4.78, 5) is 14.0. The topological polar surface area (TPSA) is 44.8 Å². The lowest BCUT2D eigenvalue weighted by atomic mass is 10.1. The van der Waals surface area contributed by atoms with Crippen LogP contribution in [0.1, 0.15) is 13.8 Å². The van der Waals surface area contributed by atoms with Crippen LogP contribution >= 0.6 is 35.1 Å². The van der Waals surface area contributed by atoms with Gasteiger partial charge >= 0.3 is 9.95 Å². The Kier molecular flexibility index (Phi) is 5.32. The van der Waals surface area contributed by atoms with E-state index in [2.05, 4.69) is 5.43 Å². The minimum absolute atomic E-state index is 0.0799. The van der Waals surface area contributed by atoms with Gasteiger partial charge in [-0.1, -0.05) is 37.0 Å². The molecular formula is C13H16Cl2FN3O2S. The van der Waals surface area contributed by atoms with Crippen LogP contribution in [0.5, 0.6) is 5.75 Å². The lowest BCUT2D eigenvalue weighted by Gasteiger charge is -2.25. The zero-order valence-electron chi connectivity index (χ0n) is 12.2. The van der Waals surface area contributed by atoms with Gasteiger partial charge in [0.25, 0.3) is 0 Å². The molecule has 1 aromatic carbocycles. The largest absolute Gasteiger partial charge is 0.497 e. The molecule has 1 fully saturated rings. The zero-order chi connectivity index (χ0) is 16.5. The number of carbonyl (C=O) groups is 1. The van der Waals surface area contributed by atoms with Crippen LogP contribution in [0.4, 0.5) is 14.9 Å². The van der Waals surface area contributed by atoms with E-state index < -0.39 is 9.95 Å². The molecule has 0 bridgehead atoms. The molecule has 22 heavy (non-hydrogen) atoms. The van der Waals surface area contributed by atoms with Gasteiger partial charge in [0.05, 0.1) is 7.11 Å². The second-order valence-electron chi connectivity index (χ2n) is 5.00. The summed E-state index contributed by atoms with van der Waals surface area (Å²) in [6, 6.07) is 6.56. The molecule has 1 aromatic rings. The highest BCUT2D eigenvalue weighted by Gasteiger charge is 2.43. The van der Waals surface area contributed by atoms with Crippen molar-refractivity contribution >= 4 is 46.9 Å². The van der Waals surface area contributed by atoms with Crippen LogP contribution in [0.2, 0.25) is 0 Å². The molecule has 1 saturated heterocycles. The summed E-state index contributed by atoms with van der Waals surface area (Å²) in [5.41, 5.74) is 3.57. The van der Waals surface area contributed by atoms with Crippen LogP contribution in [-0.4, -0.2) is 27.6 Å². The molecule has 9 heteroatoms. The molecule has 1 atom stereocenters. The number of urea groups is 1. The van der Waals surface area contributed by atoms with Crippen LogP contribution in [0.25, 0.3) is 0 Å². The quantitative estimate of drug-likeness (QED) is 0.627. The number of hydrogen-bond donors (Lipinski definition) is 1. The van der Waals surface area contributed by atoms with Crippen molar-refractivity contribution in [1.29, 1.82) is 0 Å². The zero-order valence-corrected chi connectivity index (χ0v) is 14.5. The van der Waals surface area contributed by atoms with E-state index in [0.29, 0.717) is 23.4 Å². The van der Waals surface area contributed by atoms with Gasteiger partial charge in [-0.05, 0) is 30.2 Å². The molecule has 122 valence electrons. The number of nitrogens with one attached hydrogen (secondary N) is 1. The molecule has 1 unspecified atom stereocenters. The minimum atomic E-state index is -2.60. The molecule has 0 aliphatic carbocycles. The third-order valence-electron chi connectivity index (χ3n) is 3.08. The maximum atomic E-state index is 13.4. The van der Waals surface area contributed by atoms with E-state index in [1.165, 1.54) is 4.90 Å². The summed E-state index contributed by atoms with van der Waals surface area (Å²) in [6.07, 6.45) is -0.343. The van der Waals surface area contributed by atoms with Crippen molar-refractivity contribution < 1.29 is 13.9 Å². The number of rotatable bonds is 5. The molecule has 2 rings (SSSR count). The predicted octanol–water partition coefficient (Wildman–Crippen LogP) is 4.13. The number of nitrogens with zero attached hydrogens (tertiary/aromatic N) is 2. The number of carbonyl (C=O) groups excluding carboxylic acids is 1. The molecule has 0 saturated carbocycles. The second kappa shape index (κ2) is 6.70. The Labute approximate surface area is 142 Å². The fourth-order valence-electron chi connectivity index (χ4n) is 2.08. The highest BCUT2D eigenvalue weighted by molar-refractivity contribution is 8.01. The summed E-state index contributed by atoms with van der Waals surface area (Å²) < 4.78 is 16.9. The highest BCUT2D eigenvalue weighted by atomic mass is 35.5. The molecule has 1 N–H and O–H groups in total. The van der Waals surface area contributed by atoms with Crippen molar-refractivity contribution in [3.8, 4) is 5.75 Å². The standard InChI is InChI=1S/C13H16Cl2FN3O2S/c1-8(2)11-17-19(22-13(14,15)16)12(20)18(11)9-4-6-10(21-3)7-5-9/h4-8,11,17H,1-3H3. The molecule has 1 aliphatic rings. The molecule has 1 aliphatic heterocycles. The third-order valence-corrected chi connectivity index (χ3v) is 4.15. The van der Waals surface area contributed by atoms with E-state index in [4.69, 9.17) is 27.9 Å². The van der Waals surface area contributed by atoms with Crippen LogP contribution in [0, 0.1) is 5.92 Å². The normalized spacial score (nSPS) is 19.2. The lowest BCUT2D eigenvalue weighted by molar-refractivity contribution is 0.235. The van der Waals surface area contributed by atoms with Gasteiger partial charge in [0.15, 0.2) is 0 Å². The van der Waals surface area contributed by atoms with Crippen LogP contribution < -0.4 is 15.1 Å². The number of amides is 2. The van der Waals surface area contributed by atoms with E-state index in [9.17, 15) is 9.18 Å². The Morgan fingerprint density at radius 3 is 2.41 bits per heavy atom. The lowest BCUT2D eigenvalue weighted by Crippen LogP contribution is -2.41. The number of methoxy groups -OCH3 is 1. The fourth-order valence-corrected chi connectivity index (χ4v) is 3.03. The van der Waals surface area contributed by atoms with Crippen molar-refractivity contribution in [2.45, 2.75) is 23.9 Å². The van der Waals surface area contributed by atoms with Gasteiger partial charge in [0.2, 0.25) is 0 Å². The number of benzene rings is 1. The van der Waals surface area contributed by atoms with Gasteiger partial charge in [-0.2, -0.15) is 14.2 Å². The van der Waals surface area contributed by atoms with Gasteiger partial charge in [0.1, 0.15) is 11.9 Å². The van der Waals surface area contributed by atoms with Crippen molar-refractivity contribution in [1.82, 2.24) is 9.84 Å². The Bertz CT molecular complexity index is 539. The summed E-state index contributed by atoms with van der Waals surface area (Å²) in [5.74, 6) is 0.760.